The van der Waals surface area contributed by atoms with E-state index in [0.717, 1.165) is 26.3 Å². The Morgan fingerprint density at radius 2 is 2.06 bits per heavy atom. The summed E-state index contributed by atoms with van der Waals surface area (Å²) in [5.74, 6) is 1.18. The van der Waals surface area contributed by atoms with E-state index in [1.807, 2.05) is 18.7 Å². The maximum absolute atomic E-state index is 12.6. The van der Waals surface area contributed by atoms with Gasteiger partial charge in [0.1, 0.15) is 5.54 Å². The van der Waals surface area contributed by atoms with Gasteiger partial charge in [0.25, 0.3) is 0 Å². The molecule has 5 heteroatoms. The van der Waals surface area contributed by atoms with Crippen molar-refractivity contribution in [2.24, 2.45) is 11.8 Å². The van der Waals surface area contributed by atoms with Gasteiger partial charge < -0.3 is 9.64 Å². The Bertz CT molecular complexity index is 429. The van der Waals surface area contributed by atoms with Gasteiger partial charge >= 0.3 is 0 Å². The number of rotatable bonds is 2. The van der Waals surface area contributed by atoms with Gasteiger partial charge in [-0.05, 0) is 13.8 Å². The minimum Gasteiger partial charge on any atom is -0.381 e. The monoisotopic (exact) mass is 248 g/mol. The van der Waals surface area contributed by atoms with E-state index in [-0.39, 0.29) is 5.91 Å². The van der Waals surface area contributed by atoms with Crippen molar-refractivity contribution >= 4 is 5.91 Å². The highest BCUT2D eigenvalue weighted by Gasteiger charge is 2.43. The van der Waals surface area contributed by atoms with Crippen molar-refractivity contribution in [2.45, 2.75) is 19.4 Å². The number of likely N-dealkylation sites (tertiary alicyclic amines) is 1. The molecule has 2 unspecified atom stereocenters. The molecular formula is C13H18N3O2. The van der Waals surface area contributed by atoms with Crippen LogP contribution in [0.15, 0.2) is 12.4 Å². The van der Waals surface area contributed by atoms with Gasteiger partial charge in [-0.3, -0.25) is 9.48 Å². The second kappa shape index (κ2) is 4.09. The summed E-state index contributed by atoms with van der Waals surface area (Å²) in [5.41, 5.74) is -0.639. The normalized spacial score (nSPS) is 27.6. The number of amides is 1. The van der Waals surface area contributed by atoms with Crippen LogP contribution < -0.4 is 0 Å². The summed E-state index contributed by atoms with van der Waals surface area (Å²) in [7, 11) is 0. The molecule has 2 fully saturated rings. The quantitative estimate of drug-likeness (QED) is 0.766. The van der Waals surface area contributed by atoms with Gasteiger partial charge in [-0.25, -0.2) is 0 Å². The van der Waals surface area contributed by atoms with Crippen molar-refractivity contribution in [3.8, 4) is 0 Å². The van der Waals surface area contributed by atoms with Gasteiger partial charge in [-0.15, -0.1) is 0 Å². The van der Waals surface area contributed by atoms with E-state index in [9.17, 15) is 4.79 Å². The third kappa shape index (κ3) is 1.73. The molecule has 2 aliphatic rings. The Balaban J connectivity index is 1.75. The largest absolute Gasteiger partial charge is 0.381 e. The van der Waals surface area contributed by atoms with Crippen LogP contribution in [-0.4, -0.2) is 46.9 Å². The van der Waals surface area contributed by atoms with Crippen LogP contribution >= 0.6 is 0 Å². The van der Waals surface area contributed by atoms with E-state index < -0.39 is 5.54 Å². The molecule has 5 nitrogen and oxygen atoms in total. The predicted octanol–water partition coefficient (Wildman–Crippen LogP) is 0.523. The van der Waals surface area contributed by atoms with Crippen LogP contribution in [0.4, 0.5) is 0 Å². The first-order valence-electron chi connectivity index (χ1n) is 6.37. The van der Waals surface area contributed by atoms with Crippen molar-refractivity contribution in [1.82, 2.24) is 14.7 Å². The van der Waals surface area contributed by atoms with Crippen molar-refractivity contribution in [3.63, 3.8) is 0 Å². The molecule has 97 valence electrons. The minimum absolute atomic E-state index is 0.133. The molecular weight excluding hydrogens is 230 g/mol. The zero-order chi connectivity index (χ0) is 12.8. The number of aromatic nitrogens is 2. The molecule has 0 N–H and O–H groups in total. The van der Waals surface area contributed by atoms with E-state index in [2.05, 4.69) is 11.2 Å². The molecule has 1 aromatic rings. The SMILES string of the molecule is CC(C)(C(=O)N1CC2COCC2C1)n1c[c]cn1. The topological polar surface area (TPSA) is 47.4 Å². The Labute approximate surface area is 107 Å². The molecule has 1 radical (unpaired) electrons. The van der Waals surface area contributed by atoms with Gasteiger partial charge in [0, 0.05) is 37.2 Å². The Morgan fingerprint density at radius 3 is 2.61 bits per heavy atom. The van der Waals surface area contributed by atoms with Crippen LogP contribution in [0.5, 0.6) is 0 Å². The second-order valence-electron chi connectivity index (χ2n) is 5.71. The lowest BCUT2D eigenvalue weighted by molar-refractivity contribution is -0.139. The number of carbonyl (C=O) groups is 1. The van der Waals surface area contributed by atoms with Gasteiger partial charge in [0.05, 0.1) is 19.4 Å². The van der Waals surface area contributed by atoms with Crippen LogP contribution in [0.3, 0.4) is 0 Å². The average molecular weight is 248 g/mol. The standard InChI is InChI=1S/C13H18N3O2/c1-13(2,16-5-3-4-14-16)12(17)15-6-10-8-18-9-11(10)7-15/h4-5,10-11H,6-9H2,1-2H3. The molecule has 0 bridgehead atoms. The highest BCUT2D eigenvalue weighted by molar-refractivity contribution is 5.83. The first-order valence-corrected chi connectivity index (χ1v) is 6.37. The maximum atomic E-state index is 12.6. The molecule has 0 aliphatic carbocycles. The average Bonchev–Trinajstić information content (AvgIpc) is 3.03. The molecule has 0 aromatic carbocycles. The molecule has 3 heterocycles. The fourth-order valence-corrected chi connectivity index (χ4v) is 2.88. The molecule has 2 aliphatic heterocycles. The highest BCUT2D eigenvalue weighted by atomic mass is 16.5. The van der Waals surface area contributed by atoms with Crippen LogP contribution in [-0.2, 0) is 15.1 Å². The fourth-order valence-electron chi connectivity index (χ4n) is 2.88. The summed E-state index contributed by atoms with van der Waals surface area (Å²) in [6, 6.07) is 2.88. The summed E-state index contributed by atoms with van der Waals surface area (Å²) in [6.45, 7) is 7.03. The van der Waals surface area contributed by atoms with E-state index >= 15 is 0 Å². The van der Waals surface area contributed by atoms with Crippen LogP contribution in [0.2, 0.25) is 0 Å². The third-order valence-electron chi connectivity index (χ3n) is 4.08. The molecule has 2 atom stereocenters. The van der Waals surface area contributed by atoms with E-state index in [1.165, 1.54) is 0 Å². The van der Waals surface area contributed by atoms with Crippen molar-refractivity contribution in [3.05, 3.63) is 18.5 Å². The molecule has 0 spiro atoms. The molecule has 18 heavy (non-hydrogen) atoms. The number of ether oxygens (including phenoxy) is 1. The Hall–Kier alpha value is -1.36. The first-order chi connectivity index (χ1) is 8.59. The van der Waals surface area contributed by atoms with Gasteiger partial charge in [0.15, 0.2) is 0 Å². The van der Waals surface area contributed by atoms with Crippen LogP contribution in [0.1, 0.15) is 13.8 Å². The number of carbonyl (C=O) groups excluding carboxylic acids is 1. The maximum Gasteiger partial charge on any atom is 0.249 e. The Kier molecular flexibility index (Phi) is 2.66. The summed E-state index contributed by atoms with van der Waals surface area (Å²) in [4.78, 5) is 14.6. The summed E-state index contributed by atoms with van der Waals surface area (Å²) in [5, 5.41) is 4.14. The molecule has 0 saturated carbocycles. The summed E-state index contributed by atoms with van der Waals surface area (Å²) >= 11 is 0. The van der Waals surface area contributed by atoms with Crippen molar-refractivity contribution in [1.29, 1.82) is 0 Å². The van der Waals surface area contributed by atoms with E-state index in [0.29, 0.717) is 11.8 Å². The lowest BCUT2D eigenvalue weighted by Gasteiger charge is -2.30. The minimum atomic E-state index is -0.639. The van der Waals surface area contributed by atoms with Gasteiger partial charge in [-0.2, -0.15) is 5.10 Å². The summed E-state index contributed by atoms with van der Waals surface area (Å²) in [6.07, 6.45) is 3.31. The predicted molar refractivity (Wildman–Crippen MR) is 64.8 cm³/mol. The number of hydrogen-bond acceptors (Lipinski definition) is 3. The third-order valence-corrected chi connectivity index (χ3v) is 4.08. The lowest BCUT2D eigenvalue weighted by Crippen LogP contribution is -2.46. The first kappa shape index (κ1) is 11.7. The number of hydrogen-bond donors (Lipinski definition) is 0. The number of nitrogens with zero attached hydrogens (tertiary/aromatic N) is 3. The van der Waals surface area contributed by atoms with E-state index in [4.69, 9.17) is 4.74 Å². The zero-order valence-corrected chi connectivity index (χ0v) is 10.8. The van der Waals surface area contributed by atoms with Gasteiger partial charge in [0.2, 0.25) is 5.91 Å². The van der Waals surface area contributed by atoms with Crippen molar-refractivity contribution < 1.29 is 9.53 Å². The summed E-state index contributed by atoms with van der Waals surface area (Å²) < 4.78 is 7.12. The highest BCUT2D eigenvalue weighted by Crippen LogP contribution is 2.31. The van der Waals surface area contributed by atoms with Crippen molar-refractivity contribution in [2.75, 3.05) is 26.3 Å². The molecule has 2 saturated heterocycles. The Morgan fingerprint density at radius 1 is 1.39 bits per heavy atom. The van der Waals surface area contributed by atoms with Gasteiger partial charge in [-0.1, -0.05) is 0 Å². The molecule has 3 rings (SSSR count). The number of fused-ring (bicyclic) bond motifs is 1. The zero-order valence-electron chi connectivity index (χ0n) is 10.8. The molecule has 1 aromatic heterocycles. The second-order valence-corrected chi connectivity index (χ2v) is 5.71. The van der Waals surface area contributed by atoms with Crippen LogP contribution in [0, 0.1) is 17.9 Å². The smallest absolute Gasteiger partial charge is 0.249 e. The lowest BCUT2D eigenvalue weighted by atomic mass is 10.0. The molecule has 1 amide bonds. The fraction of sp³-hybridized carbons (Fsp3) is 0.692. The van der Waals surface area contributed by atoms with Crippen LogP contribution in [0.25, 0.3) is 0 Å². The van der Waals surface area contributed by atoms with E-state index in [1.54, 1.807) is 17.1 Å².